The predicted molar refractivity (Wildman–Crippen MR) is 74.6 cm³/mol. The molecule has 1 fully saturated rings. The molecule has 0 radical (unpaired) electrons. The molecular weight excluding hydrogens is 238 g/mol. The number of rotatable bonds is 5. The highest BCUT2D eigenvalue weighted by atomic mass is 16.5. The van der Waals surface area contributed by atoms with E-state index in [0.717, 1.165) is 25.1 Å². The average Bonchev–Trinajstić information content (AvgIpc) is 2.73. The summed E-state index contributed by atoms with van der Waals surface area (Å²) in [6.07, 6.45) is 3.44. The minimum absolute atomic E-state index is 0.183. The molecule has 0 aliphatic heterocycles. The second kappa shape index (κ2) is 5.36. The fourth-order valence-electron chi connectivity index (χ4n) is 2.80. The van der Waals surface area contributed by atoms with E-state index in [4.69, 9.17) is 10.00 Å². The first-order chi connectivity index (χ1) is 8.98. The number of nitriles is 1. The number of nitrogens with zero attached hydrogens (tertiary/aromatic N) is 2. The Morgan fingerprint density at radius 1 is 1.58 bits per heavy atom. The van der Waals surface area contributed by atoms with Gasteiger partial charge in [0.1, 0.15) is 11.8 Å². The Balaban J connectivity index is 1.88. The molecule has 0 spiro atoms. The minimum atomic E-state index is 0.183. The van der Waals surface area contributed by atoms with E-state index in [1.807, 2.05) is 30.8 Å². The van der Waals surface area contributed by atoms with Crippen LogP contribution in [0.5, 0.6) is 0 Å². The van der Waals surface area contributed by atoms with Gasteiger partial charge in [-0.15, -0.1) is 0 Å². The number of ether oxygens (including phenoxy) is 1. The molecular formula is C15H23N3O. The zero-order chi connectivity index (χ0) is 14.0. The maximum absolute atomic E-state index is 8.94. The van der Waals surface area contributed by atoms with Gasteiger partial charge in [0, 0.05) is 37.9 Å². The zero-order valence-electron chi connectivity index (χ0n) is 12.2. The van der Waals surface area contributed by atoms with Gasteiger partial charge in [-0.25, -0.2) is 0 Å². The van der Waals surface area contributed by atoms with Gasteiger partial charge in [0.2, 0.25) is 0 Å². The first-order valence-electron chi connectivity index (χ1n) is 6.89. The van der Waals surface area contributed by atoms with E-state index < -0.39 is 0 Å². The first kappa shape index (κ1) is 14.1. The van der Waals surface area contributed by atoms with Crippen molar-refractivity contribution in [1.82, 2.24) is 9.88 Å². The molecule has 2 unspecified atom stereocenters. The summed E-state index contributed by atoms with van der Waals surface area (Å²) in [6, 6.07) is 4.61. The van der Waals surface area contributed by atoms with E-state index >= 15 is 0 Å². The van der Waals surface area contributed by atoms with Crippen molar-refractivity contribution in [3.05, 3.63) is 23.5 Å². The summed E-state index contributed by atoms with van der Waals surface area (Å²) in [5.74, 6) is 0. The summed E-state index contributed by atoms with van der Waals surface area (Å²) in [6.45, 7) is 8.14. The van der Waals surface area contributed by atoms with Crippen molar-refractivity contribution in [2.75, 3.05) is 6.61 Å². The lowest BCUT2D eigenvalue weighted by molar-refractivity contribution is -0.114. The average molecular weight is 261 g/mol. The molecule has 1 aliphatic rings. The van der Waals surface area contributed by atoms with Crippen molar-refractivity contribution in [3.63, 3.8) is 0 Å². The monoisotopic (exact) mass is 261 g/mol. The molecule has 1 aliphatic carbocycles. The largest absolute Gasteiger partial charge is 0.378 e. The number of aromatic nitrogens is 1. The number of hydrogen-bond acceptors (Lipinski definition) is 3. The second-order valence-corrected chi connectivity index (χ2v) is 5.89. The van der Waals surface area contributed by atoms with Gasteiger partial charge < -0.3 is 14.6 Å². The quantitative estimate of drug-likeness (QED) is 0.884. The Hall–Kier alpha value is -1.31. The van der Waals surface area contributed by atoms with E-state index in [2.05, 4.69) is 25.2 Å². The standard InChI is InChI=1S/C15H23N3O/c1-5-19-14-7-13(15(14,2)3)17-9-11-6-12(8-16)18(4)10-11/h6,10,13-14,17H,5,7,9H2,1-4H3. The van der Waals surface area contributed by atoms with E-state index in [-0.39, 0.29) is 5.41 Å². The highest BCUT2D eigenvalue weighted by Crippen LogP contribution is 2.42. The fraction of sp³-hybridized carbons (Fsp3) is 0.667. The van der Waals surface area contributed by atoms with Crippen LogP contribution in [0.15, 0.2) is 12.3 Å². The van der Waals surface area contributed by atoms with Gasteiger partial charge in [0.25, 0.3) is 0 Å². The Morgan fingerprint density at radius 3 is 2.84 bits per heavy atom. The van der Waals surface area contributed by atoms with Crippen LogP contribution in [0.25, 0.3) is 0 Å². The molecule has 1 N–H and O–H groups in total. The van der Waals surface area contributed by atoms with E-state index in [9.17, 15) is 0 Å². The lowest BCUT2D eigenvalue weighted by Crippen LogP contribution is -2.60. The molecule has 1 aromatic heterocycles. The first-order valence-corrected chi connectivity index (χ1v) is 6.89. The molecule has 1 saturated carbocycles. The number of hydrogen-bond donors (Lipinski definition) is 1. The Labute approximate surface area is 115 Å². The van der Waals surface area contributed by atoms with Crippen molar-refractivity contribution >= 4 is 0 Å². The number of nitrogens with one attached hydrogen (secondary N) is 1. The van der Waals surface area contributed by atoms with Crippen LogP contribution in [-0.2, 0) is 18.3 Å². The van der Waals surface area contributed by atoms with Gasteiger partial charge in [-0.1, -0.05) is 13.8 Å². The van der Waals surface area contributed by atoms with Crippen molar-refractivity contribution in [2.45, 2.75) is 45.9 Å². The number of aryl methyl sites for hydroxylation is 1. The smallest absolute Gasteiger partial charge is 0.120 e. The highest BCUT2D eigenvalue weighted by molar-refractivity contribution is 5.28. The van der Waals surface area contributed by atoms with Crippen LogP contribution in [0.4, 0.5) is 0 Å². The van der Waals surface area contributed by atoms with Crippen molar-refractivity contribution in [2.24, 2.45) is 12.5 Å². The summed E-state index contributed by atoms with van der Waals surface area (Å²) in [5, 5.41) is 12.5. The van der Waals surface area contributed by atoms with Crippen LogP contribution in [0.1, 0.15) is 38.4 Å². The van der Waals surface area contributed by atoms with Crippen LogP contribution < -0.4 is 5.32 Å². The minimum Gasteiger partial charge on any atom is -0.378 e. The van der Waals surface area contributed by atoms with E-state index in [1.165, 1.54) is 0 Å². The molecule has 4 nitrogen and oxygen atoms in total. The van der Waals surface area contributed by atoms with Gasteiger partial charge in [0.05, 0.1) is 6.10 Å². The Bertz CT molecular complexity index is 484. The van der Waals surface area contributed by atoms with Crippen molar-refractivity contribution in [1.29, 1.82) is 5.26 Å². The van der Waals surface area contributed by atoms with Gasteiger partial charge >= 0.3 is 0 Å². The van der Waals surface area contributed by atoms with Crippen LogP contribution in [0.3, 0.4) is 0 Å². The van der Waals surface area contributed by atoms with Crippen LogP contribution in [-0.4, -0.2) is 23.3 Å². The molecule has 1 heterocycles. The fourth-order valence-corrected chi connectivity index (χ4v) is 2.80. The summed E-state index contributed by atoms with van der Waals surface area (Å²) in [7, 11) is 1.90. The van der Waals surface area contributed by atoms with Gasteiger partial charge in [-0.3, -0.25) is 0 Å². The predicted octanol–water partition coefficient (Wildman–Crippen LogP) is 2.19. The maximum atomic E-state index is 8.94. The molecule has 0 aromatic carbocycles. The maximum Gasteiger partial charge on any atom is 0.120 e. The van der Waals surface area contributed by atoms with Gasteiger partial charge in [0.15, 0.2) is 0 Å². The molecule has 0 saturated heterocycles. The summed E-state index contributed by atoms with van der Waals surface area (Å²) >= 11 is 0. The molecule has 4 heteroatoms. The second-order valence-electron chi connectivity index (χ2n) is 5.89. The van der Waals surface area contributed by atoms with Crippen molar-refractivity contribution < 1.29 is 4.74 Å². The third-order valence-corrected chi connectivity index (χ3v) is 4.27. The lowest BCUT2D eigenvalue weighted by Gasteiger charge is -2.52. The molecule has 0 bridgehead atoms. The highest BCUT2D eigenvalue weighted by Gasteiger charge is 2.48. The normalized spacial score (nSPS) is 24.8. The molecule has 2 rings (SSSR count). The molecule has 0 amide bonds. The SMILES string of the molecule is CCOC1CC(NCc2cc(C#N)n(C)c2)C1(C)C. The molecule has 104 valence electrons. The van der Waals surface area contributed by atoms with Crippen LogP contribution in [0.2, 0.25) is 0 Å². The Kier molecular flexibility index (Phi) is 3.98. The van der Waals surface area contributed by atoms with Gasteiger partial charge in [-0.05, 0) is 25.0 Å². The molecule has 19 heavy (non-hydrogen) atoms. The van der Waals surface area contributed by atoms with E-state index in [1.54, 1.807) is 0 Å². The molecule has 1 aromatic rings. The topological polar surface area (TPSA) is 50.0 Å². The third kappa shape index (κ3) is 2.68. The summed E-state index contributed by atoms with van der Waals surface area (Å²) in [4.78, 5) is 0. The summed E-state index contributed by atoms with van der Waals surface area (Å²) < 4.78 is 7.60. The van der Waals surface area contributed by atoms with Gasteiger partial charge in [-0.2, -0.15) is 5.26 Å². The lowest BCUT2D eigenvalue weighted by atomic mass is 9.64. The summed E-state index contributed by atoms with van der Waals surface area (Å²) in [5.41, 5.74) is 2.05. The third-order valence-electron chi connectivity index (χ3n) is 4.27. The van der Waals surface area contributed by atoms with Crippen LogP contribution in [0, 0.1) is 16.7 Å². The van der Waals surface area contributed by atoms with Crippen molar-refractivity contribution in [3.8, 4) is 6.07 Å². The van der Waals surface area contributed by atoms with E-state index in [0.29, 0.717) is 17.8 Å². The molecule has 2 atom stereocenters. The zero-order valence-corrected chi connectivity index (χ0v) is 12.2. The Morgan fingerprint density at radius 2 is 2.32 bits per heavy atom. The van der Waals surface area contributed by atoms with Crippen LogP contribution >= 0.6 is 0 Å².